The number of anilines is 1. The predicted octanol–water partition coefficient (Wildman–Crippen LogP) is 1.96. The highest BCUT2D eigenvalue weighted by Gasteiger charge is 2.17. The Bertz CT molecular complexity index is 818. The smallest absolute Gasteiger partial charge is 0.257 e. The van der Waals surface area contributed by atoms with E-state index in [1.165, 1.54) is 37.6 Å². The fraction of sp³-hybridized carbons (Fsp3) is 0.294. The van der Waals surface area contributed by atoms with Gasteiger partial charge in [-0.1, -0.05) is 0 Å². The molecule has 1 atom stereocenters. The normalized spacial score (nSPS) is 12.6. The molecule has 25 heavy (non-hydrogen) atoms. The molecule has 1 aromatic heterocycles. The molecule has 0 bridgehead atoms. The SMILES string of the molecule is COCC(C)NS(=O)(=O)c1ccc(NC(=O)c2ccc(C)nc2)cc1. The summed E-state index contributed by atoms with van der Waals surface area (Å²) in [6.45, 7) is 3.82. The Morgan fingerprint density at radius 2 is 1.88 bits per heavy atom. The number of hydrogen-bond donors (Lipinski definition) is 2. The number of pyridine rings is 1. The first-order chi connectivity index (χ1) is 11.8. The summed E-state index contributed by atoms with van der Waals surface area (Å²) in [5, 5.41) is 2.70. The van der Waals surface area contributed by atoms with Gasteiger partial charge in [-0.3, -0.25) is 9.78 Å². The van der Waals surface area contributed by atoms with Crippen molar-refractivity contribution in [3.63, 3.8) is 0 Å². The van der Waals surface area contributed by atoms with Gasteiger partial charge in [-0.05, 0) is 50.2 Å². The summed E-state index contributed by atoms with van der Waals surface area (Å²) in [6.07, 6.45) is 1.49. The summed E-state index contributed by atoms with van der Waals surface area (Å²) in [5.74, 6) is -0.310. The third kappa shape index (κ3) is 5.35. The molecule has 0 aliphatic heterocycles. The Kier molecular flexibility index (Phi) is 6.24. The Balaban J connectivity index is 2.06. The van der Waals surface area contributed by atoms with Gasteiger partial charge < -0.3 is 10.1 Å². The molecule has 0 saturated heterocycles. The van der Waals surface area contributed by atoms with E-state index in [1.807, 2.05) is 6.92 Å². The van der Waals surface area contributed by atoms with Gasteiger partial charge in [-0.15, -0.1) is 0 Å². The number of ether oxygens (including phenoxy) is 1. The van der Waals surface area contributed by atoms with Gasteiger partial charge in [0.25, 0.3) is 5.91 Å². The Morgan fingerprint density at radius 1 is 1.20 bits per heavy atom. The molecule has 1 heterocycles. The summed E-state index contributed by atoms with van der Waals surface area (Å²) >= 11 is 0. The van der Waals surface area contributed by atoms with E-state index < -0.39 is 10.0 Å². The molecule has 2 aromatic rings. The maximum atomic E-state index is 12.2. The van der Waals surface area contributed by atoms with Crippen LogP contribution in [0.1, 0.15) is 23.0 Å². The van der Waals surface area contributed by atoms with Gasteiger partial charge in [0, 0.05) is 30.7 Å². The summed E-state index contributed by atoms with van der Waals surface area (Å²) in [5.41, 5.74) is 1.74. The Hall–Kier alpha value is -2.29. The number of rotatable bonds is 7. The van der Waals surface area contributed by atoms with Gasteiger partial charge in [-0.25, -0.2) is 13.1 Å². The number of methoxy groups -OCH3 is 1. The third-order valence-corrected chi connectivity index (χ3v) is 4.97. The number of benzene rings is 1. The summed E-state index contributed by atoms with van der Waals surface area (Å²) in [6, 6.07) is 9.03. The van der Waals surface area contributed by atoms with E-state index in [0.717, 1.165) is 5.69 Å². The van der Waals surface area contributed by atoms with Gasteiger partial charge >= 0.3 is 0 Å². The molecule has 1 unspecified atom stereocenters. The molecule has 0 fully saturated rings. The van der Waals surface area contributed by atoms with Crippen molar-refractivity contribution in [1.29, 1.82) is 0 Å². The molecule has 0 spiro atoms. The van der Waals surface area contributed by atoms with Crippen molar-refractivity contribution >= 4 is 21.6 Å². The lowest BCUT2D eigenvalue weighted by Gasteiger charge is -2.13. The molecule has 0 radical (unpaired) electrons. The molecule has 0 aliphatic carbocycles. The Morgan fingerprint density at radius 3 is 2.44 bits per heavy atom. The van der Waals surface area contributed by atoms with Crippen LogP contribution in [0.25, 0.3) is 0 Å². The third-order valence-electron chi connectivity index (χ3n) is 3.37. The first-order valence-electron chi connectivity index (χ1n) is 7.67. The number of aryl methyl sites for hydroxylation is 1. The monoisotopic (exact) mass is 363 g/mol. The highest BCUT2D eigenvalue weighted by molar-refractivity contribution is 7.89. The average molecular weight is 363 g/mol. The fourth-order valence-corrected chi connectivity index (χ4v) is 3.37. The van der Waals surface area contributed by atoms with Gasteiger partial charge in [0.15, 0.2) is 0 Å². The largest absolute Gasteiger partial charge is 0.383 e. The number of hydrogen-bond acceptors (Lipinski definition) is 5. The van der Waals surface area contributed by atoms with Crippen LogP contribution in [0.3, 0.4) is 0 Å². The molecule has 2 N–H and O–H groups in total. The number of amides is 1. The lowest BCUT2D eigenvalue weighted by atomic mass is 10.2. The van der Waals surface area contributed by atoms with Gasteiger partial charge in [0.1, 0.15) is 0 Å². The van der Waals surface area contributed by atoms with E-state index in [4.69, 9.17) is 4.74 Å². The van der Waals surface area contributed by atoms with Crippen molar-refractivity contribution in [2.45, 2.75) is 24.8 Å². The van der Waals surface area contributed by atoms with Crippen LogP contribution in [0.15, 0.2) is 47.5 Å². The number of nitrogens with one attached hydrogen (secondary N) is 2. The number of aromatic nitrogens is 1. The van der Waals surface area contributed by atoms with E-state index in [2.05, 4.69) is 15.0 Å². The maximum Gasteiger partial charge on any atom is 0.257 e. The standard InChI is InChI=1S/C17H21N3O4S/c1-12-4-5-14(10-18-12)17(21)19-15-6-8-16(9-7-15)25(22,23)20-13(2)11-24-3/h4-10,13,20H,11H2,1-3H3,(H,19,21). The van der Waals surface area contributed by atoms with Crippen LogP contribution in [-0.2, 0) is 14.8 Å². The van der Waals surface area contributed by atoms with E-state index in [1.54, 1.807) is 19.1 Å². The topological polar surface area (TPSA) is 97.4 Å². The number of carbonyl (C=O) groups is 1. The number of nitrogens with zero attached hydrogens (tertiary/aromatic N) is 1. The second kappa shape index (κ2) is 8.19. The summed E-state index contributed by atoms with van der Waals surface area (Å²) in [7, 11) is -2.13. The zero-order valence-electron chi connectivity index (χ0n) is 14.3. The van der Waals surface area contributed by atoms with Gasteiger partial charge in [0.2, 0.25) is 10.0 Å². The van der Waals surface area contributed by atoms with Crippen LogP contribution in [0.5, 0.6) is 0 Å². The van der Waals surface area contributed by atoms with Crippen LogP contribution < -0.4 is 10.0 Å². The van der Waals surface area contributed by atoms with Crippen LogP contribution in [0.4, 0.5) is 5.69 Å². The first-order valence-corrected chi connectivity index (χ1v) is 9.15. The molecule has 134 valence electrons. The zero-order chi connectivity index (χ0) is 18.4. The van der Waals surface area contributed by atoms with E-state index in [9.17, 15) is 13.2 Å². The van der Waals surface area contributed by atoms with Crippen molar-refractivity contribution in [1.82, 2.24) is 9.71 Å². The van der Waals surface area contributed by atoms with Crippen LogP contribution in [0, 0.1) is 6.92 Å². The lowest BCUT2D eigenvalue weighted by Crippen LogP contribution is -2.35. The molecular formula is C17H21N3O4S. The highest BCUT2D eigenvalue weighted by Crippen LogP contribution is 2.15. The minimum atomic E-state index is -3.64. The second-order valence-corrected chi connectivity index (χ2v) is 7.36. The van der Waals surface area contributed by atoms with Crippen molar-refractivity contribution in [3.05, 3.63) is 53.9 Å². The van der Waals surface area contributed by atoms with Crippen molar-refractivity contribution in [2.24, 2.45) is 0 Å². The van der Waals surface area contributed by atoms with Crippen molar-refractivity contribution in [3.8, 4) is 0 Å². The molecule has 1 aromatic carbocycles. The summed E-state index contributed by atoms with van der Waals surface area (Å²) in [4.78, 5) is 16.3. The van der Waals surface area contributed by atoms with Gasteiger partial charge in [-0.2, -0.15) is 0 Å². The van der Waals surface area contributed by atoms with Crippen molar-refractivity contribution < 1.29 is 17.9 Å². The molecule has 0 aliphatic rings. The molecular weight excluding hydrogens is 342 g/mol. The van der Waals surface area contributed by atoms with Crippen molar-refractivity contribution in [2.75, 3.05) is 19.0 Å². The molecule has 8 heteroatoms. The van der Waals surface area contributed by atoms with E-state index in [0.29, 0.717) is 11.3 Å². The molecule has 2 rings (SSSR count). The summed E-state index contributed by atoms with van der Waals surface area (Å²) < 4.78 is 31.9. The number of carbonyl (C=O) groups excluding carboxylic acids is 1. The maximum absolute atomic E-state index is 12.2. The Labute approximate surface area is 147 Å². The molecule has 0 saturated carbocycles. The fourth-order valence-electron chi connectivity index (χ4n) is 2.14. The van der Waals surface area contributed by atoms with Gasteiger partial charge in [0.05, 0.1) is 17.1 Å². The minimum Gasteiger partial charge on any atom is -0.383 e. The van der Waals surface area contributed by atoms with Crippen LogP contribution in [-0.4, -0.2) is 39.1 Å². The first kappa shape index (κ1) is 19.0. The predicted molar refractivity (Wildman–Crippen MR) is 95.0 cm³/mol. The highest BCUT2D eigenvalue weighted by atomic mass is 32.2. The second-order valence-electron chi connectivity index (χ2n) is 5.64. The zero-order valence-corrected chi connectivity index (χ0v) is 15.1. The molecule has 1 amide bonds. The average Bonchev–Trinajstić information content (AvgIpc) is 2.55. The van der Waals surface area contributed by atoms with Crippen LogP contribution in [0.2, 0.25) is 0 Å². The quantitative estimate of drug-likeness (QED) is 0.784. The van der Waals surface area contributed by atoms with E-state index in [-0.39, 0.29) is 23.5 Å². The minimum absolute atomic E-state index is 0.116. The van der Waals surface area contributed by atoms with Crippen LogP contribution >= 0.6 is 0 Å². The molecule has 7 nitrogen and oxygen atoms in total. The van der Waals surface area contributed by atoms with E-state index >= 15 is 0 Å². The number of sulfonamides is 1. The lowest BCUT2D eigenvalue weighted by molar-refractivity contribution is 0.102.